The number of amides is 1. The molecule has 1 aliphatic heterocycles. The predicted octanol–water partition coefficient (Wildman–Crippen LogP) is 2.19. The number of carbonyl (C=O) groups excluding carboxylic acids is 1. The van der Waals surface area contributed by atoms with Crippen LogP contribution in [0.3, 0.4) is 0 Å². The van der Waals surface area contributed by atoms with Crippen molar-refractivity contribution in [3.63, 3.8) is 0 Å². The van der Waals surface area contributed by atoms with E-state index >= 15 is 0 Å². The molecule has 1 heterocycles. The Bertz CT molecular complexity index is 476. The first-order valence-corrected chi connectivity index (χ1v) is 5.65. The molecule has 0 spiro atoms. The molecule has 1 atom stereocenters. The fourth-order valence-corrected chi connectivity index (χ4v) is 1.90. The van der Waals surface area contributed by atoms with E-state index < -0.39 is 23.9 Å². The summed E-state index contributed by atoms with van der Waals surface area (Å²) in [5.41, 5.74) is -0.481. The summed E-state index contributed by atoms with van der Waals surface area (Å²) >= 11 is 0. The minimum absolute atomic E-state index is 0.105. The van der Waals surface area contributed by atoms with E-state index in [9.17, 15) is 18.0 Å². The number of nitrogens with zero attached hydrogens (tertiary/aromatic N) is 1. The summed E-state index contributed by atoms with van der Waals surface area (Å²) < 4.78 is 42.7. The van der Waals surface area contributed by atoms with Gasteiger partial charge in [0.15, 0.2) is 0 Å². The van der Waals surface area contributed by atoms with Crippen LogP contribution >= 0.6 is 0 Å². The zero-order valence-corrected chi connectivity index (χ0v) is 9.85. The Labute approximate surface area is 107 Å². The number of alkyl halides is 3. The molecule has 19 heavy (non-hydrogen) atoms. The summed E-state index contributed by atoms with van der Waals surface area (Å²) in [7, 11) is 0. The van der Waals surface area contributed by atoms with Crippen molar-refractivity contribution in [1.82, 2.24) is 4.90 Å². The maximum atomic E-state index is 12.6. The highest BCUT2D eigenvalue weighted by Gasteiger charge is 2.34. The predicted molar refractivity (Wildman–Crippen MR) is 59.3 cm³/mol. The highest BCUT2D eigenvalue weighted by atomic mass is 19.4. The fourth-order valence-electron chi connectivity index (χ4n) is 1.90. The molecule has 104 valence electrons. The normalized spacial score (nSPS) is 19.7. The van der Waals surface area contributed by atoms with Gasteiger partial charge in [-0.2, -0.15) is 13.2 Å². The van der Waals surface area contributed by atoms with E-state index in [1.165, 1.54) is 17.0 Å². The second-order valence-electron chi connectivity index (χ2n) is 4.17. The smallest absolute Gasteiger partial charge is 0.416 e. The largest absolute Gasteiger partial charge is 0.439 e. The molecule has 1 amide bonds. The highest BCUT2D eigenvalue weighted by Crippen LogP contribution is 2.33. The zero-order valence-electron chi connectivity index (χ0n) is 9.85. The molecular weight excluding hydrogens is 263 g/mol. The third-order valence-electron chi connectivity index (χ3n) is 2.84. The van der Waals surface area contributed by atoms with Gasteiger partial charge < -0.3 is 14.7 Å². The van der Waals surface area contributed by atoms with Crippen molar-refractivity contribution in [3.05, 3.63) is 35.4 Å². The quantitative estimate of drug-likeness (QED) is 0.920. The molecule has 0 aliphatic carbocycles. The second kappa shape index (κ2) is 5.08. The van der Waals surface area contributed by atoms with Gasteiger partial charge in [-0.25, -0.2) is 4.79 Å². The second-order valence-corrected chi connectivity index (χ2v) is 4.17. The van der Waals surface area contributed by atoms with Gasteiger partial charge in [-0.1, -0.05) is 12.1 Å². The van der Waals surface area contributed by atoms with E-state index in [4.69, 9.17) is 9.84 Å². The van der Waals surface area contributed by atoms with Gasteiger partial charge in [0.1, 0.15) is 6.10 Å². The SMILES string of the molecule is O=C1OC(c2cccc(C(F)(F)F)c2)CN1CCO. The molecule has 0 aromatic heterocycles. The lowest BCUT2D eigenvalue weighted by Gasteiger charge is -2.12. The third kappa shape index (κ3) is 2.98. The monoisotopic (exact) mass is 275 g/mol. The molecule has 1 aliphatic rings. The summed E-state index contributed by atoms with van der Waals surface area (Å²) in [6.07, 6.45) is -5.79. The number of benzene rings is 1. The van der Waals surface area contributed by atoms with Crippen LogP contribution in [0, 0.1) is 0 Å². The number of ether oxygens (including phenoxy) is 1. The van der Waals surface area contributed by atoms with E-state index in [2.05, 4.69) is 0 Å². The summed E-state index contributed by atoms with van der Waals surface area (Å²) in [6, 6.07) is 4.70. The Morgan fingerprint density at radius 1 is 1.42 bits per heavy atom. The number of aliphatic hydroxyl groups is 1. The molecule has 1 saturated heterocycles. The van der Waals surface area contributed by atoms with E-state index in [1.54, 1.807) is 0 Å². The summed E-state index contributed by atoms with van der Waals surface area (Å²) in [4.78, 5) is 12.7. The average molecular weight is 275 g/mol. The van der Waals surface area contributed by atoms with Crippen molar-refractivity contribution in [2.24, 2.45) is 0 Å². The zero-order chi connectivity index (χ0) is 14.0. The highest BCUT2D eigenvalue weighted by molar-refractivity contribution is 5.70. The number of carbonyl (C=O) groups is 1. The first kappa shape index (κ1) is 13.7. The third-order valence-corrected chi connectivity index (χ3v) is 2.84. The number of hydrogen-bond acceptors (Lipinski definition) is 3. The molecule has 1 aromatic rings. The summed E-state index contributed by atoms with van der Waals surface area (Å²) in [5, 5.41) is 8.75. The minimum atomic E-state index is -4.43. The van der Waals surface area contributed by atoms with E-state index in [1.807, 2.05) is 0 Å². The molecule has 1 aromatic carbocycles. The van der Waals surface area contributed by atoms with Gasteiger partial charge in [-0.3, -0.25) is 0 Å². The first-order valence-electron chi connectivity index (χ1n) is 5.65. The van der Waals surface area contributed by atoms with Crippen molar-refractivity contribution in [3.8, 4) is 0 Å². The number of hydrogen-bond donors (Lipinski definition) is 1. The van der Waals surface area contributed by atoms with Crippen molar-refractivity contribution in [2.75, 3.05) is 19.7 Å². The van der Waals surface area contributed by atoms with Crippen LogP contribution < -0.4 is 0 Å². The molecule has 4 nitrogen and oxygen atoms in total. The van der Waals surface area contributed by atoms with Gasteiger partial charge in [0.05, 0.1) is 18.7 Å². The summed E-state index contributed by atoms with van der Waals surface area (Å²) in [6.45, 7) is 0.0272. The van der Waals surface area contributed by atoms with Crippen molar-refractivity contribution in [2.45, 2.75) is 12.3 Å². The number of rotatable bonds is 3. The minimum Gasteiger partial charge on any atom is -0.439 e. The molecule has 1 fully saturated rings. The van der Waals surface area contributed by atoms with Crippen LogP contribution in [0.15, 0.2) is 24.3 Å². The Morgan fingerprint density at radius 3 is 2.79 bits per heavy atom. The summed E-state index contributed by atoms with van der Waals surface area (Å²) in [5.74, 6) is 0. The van der Waals surface area contributed by atoms with Crippen LogP contribution in [0.25, 0.3) is 0 Å². The van der Waals surface area contributed by atoms with Crippen molar-refractivity contribution < 1.29 is 27.8 Å². The van der Waals surface area contributed by atoms with Gasteiger partial charge in [-0.15, -0.1) is 0 Å². The Hall–Kier alpha value is -1.76. The van der Waals surface area contributed by atoms with Crippen molar-refractivity contribution in [1.29, 1.82) is 0 Å². The molecule has 2 rings (SSSR count). The van der Waals surface area contributed by atoms with Crippen LogP contribution in [0.4, 0.5) is 18.0 Å². The van der Waals surface area contributed by atoms with Crippen LogP contribution in [0.1, 0.15) is 17.2 Å². The van der Waals surface area contributed by atoms with Crippen LogP contribution in [-0.4, -0.2) is 35.8 Å². The van der Waals surface area contributed by atoms with Crippen LogP contribution in [0.2, 0.25) is 0 Å². The van der Waals surface area contributed by atoms with E-state index in [-0.39, 0.29) is 19.7 Å². The Kier molecular flexibility index (Phi) is 3.66. The number of cyclic esters (lactones) is 1. The lowest BCUT2D eigenvalue weighted by atomic mass is 10.1. The Balaban J connectivity index is 2.18. The van der Waals surface area contributed by atoms with Crippen molar-refractivity contribution >= 4 is 6.09 Å². The van der Waals surface area contributed by atoms with Gasteiger partial charge in [-0.05, 0) is 17.7 Å². The molecule has 1 unspecified atom stereocenters. The van der Waals surface area contributed by atoms with E-state index in [0.717, 1.165) is 12.1 Å². The number of aliphatic hydroxyl groups excluding tert-OH is 1. The number of β-amino-alcohol motifs (C(OH)–C–C–N with tert-alkyl or cyclic N) is 1. The topological polar surface area (TPSA) is 49.8 Å². The molecule has 0 bridgehead atoms. The van der Waals surface area contributed by atoms with Gasteiger partial charge in [0.25, 0.3) is 0 Å². The lowest BCUT2D eigenvalue weighted by Crippen LogP contribution is -2.27. The maximum absolute atomic E-state index is 12.6. The molecule has 0 radical (unpaired) electrons. The molecular formula is C12H12F3NO3. The fraction of sp³-hybridized carbons (Fsp3) is 0.417. The number of halogens is 3. The van der Waals surface area contributed by atoms with Crippen LogP contribution in [-0.2, 0) is 10.9 Å². The average Bonchev–Trinajstić information content (AvgIpc) is 2.71. The molecule has 0 saturated carbocycles. The maximum Gasteiger partial charge on any atom is 0.416 e. The van der Waals surface area contributed by atoms with E-state index in [0.29, 0.717) is 5.56 Å². The van der Waals surface area contributed by atoms with Gasteiger partial charge >= 0.3 is 12.3 Å². The first-order chi connectivity index (χ1) is 8.91. The standard InChI is InChI=1S/C12H12F3NO3/c13-12(14,15)9-3-1-2-8(6-9)10-7-16(4-5-17)11(18)19-10/h1-3,6,10,17H,4-5,7H2. The van der Waals surface area contributed by atoms with Gasteiger partial charge in [0.2, 0.25) is 0 Å². The molecule has 1 N–H and O–H groups in total. The van der Waals surface area contributed by atoms with Gasteiger partial charge in [0, 0.05) is 6.54 Å². The lowest BCUT2D eigenvalue weighted by molar-refractivity contribution is -0.137. The Morgan fingerprint density at radius 2 is 2.16 bits per heavy atom. The molecule has 7 heteroatoms. The van der Waals surface area contributed by atoms with Crippen LogP contribution in [0.5, 0.6) is 0 Å².